The van der Waals surface area contributed by atoms with Crippen molar-refractivity contribution in [2.24, 2.45) is 0 Å². The number of hydrogen-bond donors (Lipinski definition) is 1. The van der Waals surface area contributed by atoms with Gasteiger partial charge in [-0.1, -0.05) is 17.7 Å². The first-order valence-corrected chi connectivity index (χ1v) is 6.29. The summed E-state index contributed by atoms with van der Waals surface area (Å²) in [6.45, 7) is 2.78. The third-order valence-electron chi connectivity index (χ3n) is 3.18. The number of piperidine rings is 1. The van der Waals surface area contributed by atoms with Gasteiger partial charge in [0.1, 0.15) is 5.75 Å². The Morgan fingerprint density at radius 3 is 2.71 bits per heavy atom. The summed E-state index contributed by atoms with van der Waals surface area (Å²) >= 11 is 6.09. The summed E-state index contributed by atoms with van der Waals surface area (Å²) in [7, 11) is 1.62. The van der Waals surface area contributed by atoms with Gasteiger partial charge in [0.05, 0.1) is 18.2 Å². The fourth-order valence-corrected chi connectivity index (χ4v) is 2.42. The molecule has 0 bridgehead atoms. The van der Waals surface area contributed by atoms with Gasteiger partial charge in [0.2, 0.25) is 0 Å². The smallest absolute Gasteiger partial charge is 0.137 e. The average molecular weight is 256 g/mol. The molecule has 1 aromatic rings. The Balaban J connectivity index is 1.97. The van der Waals surface area contributed by atoms with Gasteiger partial charge in [0.25, 0.3) is 0 Å². The van der Waals surface area contributed by atoms with Gasteiger partial charge in [-0.15, -0.1) is 0 Å². The van der Waals surface area contributed by atoms with E-state index in [1.54, 1.807) is 7.11 Å². The Bertz CT molecular complexity index is 376. The summed E-state index contributed by atoms with van der Waals surface area (Å²) in [6.07, 6.45) is 1.61. The van der Waals surface area contributed by atoms with Crippen LogP contribution in [0.25, 0.3) is 0 Å². The van der Waals surface area contributed by atoms with E-state index in [-0.39, 0.29) is 6.10 Å². The SMILES string of the molecule is COc1ccc(CN2CCC(O)CC2)cc1Cl. The summed E-state index contributed by atoms with van der Waals surface area (Å²) < 4.78 is 5.13. The van der Waals surface area contributed by atoms with E-state index >= 15 is 0 Å². The number of rotatable bonds is 3. The molecule has 1 saturated heterocycles. The van der Waals surface area contributed by atoms with Crippen LogP contribution in [0, 0.1) is 0 Å². The molecule has 1 aromatic carbocycles. The van der Waals surface area contributed by atoms with Crippen molar-refractivity contribution < 1.29 is 9.84 Å². The van der Waals surface area contributed by atoms with Crippen molar-refractivity contribution in [3.8, 4) is 5.75 Å². The highest BCUT2D eigenvalue weighted by Gasteiger charge is 2.17. The number of benzene rings is 1. The highest BCUT2D eigenvalue weighted by atomic mass is 35.5. The zero-order chi connectivity index (χ0) is 12.3. The maximum atomic E-state index is 9.44. The lowest BCUT2D eigenvalue weighted by Crippen LogP contribution is -2.35. The molecule has 17 heavy (non-hydrogen) atoms. The number of ether oxygens (including phenoxy) is 1. The van der Waals surface area contributed by atoms with E-state index in [4.69, 9.17) is 16.3 Å². The number of nitrogens with zero attached hydrogens (tertiary/aromatic N) is 1. The third-order valence-corrected chi connectivity index (χ3v) is 3.47. The van der Waals surface area contributed by atoms with Crippen LogP contribution in [0.3, 0.4) is 0 Å². The lowest BCUT2D eigenvalue weighted by atomic mass is 10.1. The molecule has 0 aromatic heterocycles. The van der Waals surface area contributed by atoms with Crippen LogP contribution >= 0.6 is 11.6 Å². The van der Waals surface area contributed by atoms with E-state index in [2.05, 4.69) is 4.90 Å². The third kappa shape index (κ3) is 3.35. The van der Waals surface area contributed by atoms with Gasteiger partial charge < -0.3 is 9.84 Å². The van der Waals surface area contributed by atoms with Crippen LogP contribution in [-0.2, 0) is 6.54 Å². The molecule has 1 N–H and O–H groups in total. The summed E-state index contributed by atoms with van der Waals surface area (Å²) in [4.78, 5) is 2.34. The van der Waals surface area contributed by atoms with Gasteiger partial charge >= 0.3 is 0 Å². The van der Waals surface area contributed by atoms with E-state index in [9.17, 15) is 5.11 Å². The standard InChI is InChI=1S/C13H18ClNO2/c1-17-13-3-2-10(8-12(13)14)9-15-6-4-11(16)5-7-15/h2-3,8,11,16H,4-7,9H2,1H3. The minimum atomic E-state index is -0.120. The molecule has 1 heterocycles. The van der Waals surface area contributed by atoms with Crippen molar-refractivity contribution in [2.75, 3.05) is 20.2 Å². The fourth-order valence-electron chi connectivity index (χ4n) is 2.14. The number of aliphatic hydroxyl groups is 1. The van der Waals surface area contributed by atoms with Crippen LogP contribution in [0.5, 0.6) is 5.75 Å². The molecular weight excluding hydrogens is 238 g/mol. The second-order valence-electron chi connectivity index (χ2n) is 4.48. The zero-order valence-corrected chi connectivity index (χ0v) is 10.8. The Labute approximate surface area is 107 Å². The summed E-state index contributed by atoms with van der Waals surface area (Å²) in [5.74, 6) is 0.712. The molecule has 0 amide bonds. The van der Waals surface area contributed by atoms with Crippen LogP contribution in [0.15, 0.2) is 18.2 Å². The van der Waals surface area contributed by atoms with Gasteiger partial charge in [-0.05, 0) is 30.5 Å². The van der Waals surface area contributed by atoms with Crippen LogP contribution in [0.2, 0.25) is 5.02 Å². The molecule has 3 nitrogen and oxygen atoms in total. The van der Waals surface area contributed by atoms with E-state index in [1.807, 2.05) is 18.2 Å². The zero-order valence-electron chi connectivity index (χ0n) is 10.0. The minimum absolute atomic E-state index is 0.120. The molecule has 1 aliphatic heterocycles. The minimum Gasteiger partial charge on any atom is -0.495 e. The Hall–Kier alpha value is -0.770. The monoisotopic (exact) mass is 255 g/mol. The van der Waals surface area contributed by atoms with E-state index in [0.29, 0.717) is 10.8 Å². The predicted octanol–water partition coefficient (Wildman–Crippen LogP) is 2.31. The van der Waals surface area contributed by atoms with Crippen molar-refractivity contribution in [1.29, 1.82) is 0 Å². The van der Waals surface area contributed by atoms with Crippen LogP contribution in [-0.4, -0.2) is 36.3 Å². The van der Waals surface area contributed by atoms with Crippen molar-refractivity contribution in [2.45, 2.75) is 25.5 Å². The number of halogens is 1. The Morgan fingerprint density at radius 2 is 2.12 bits per heavy atom. The summed E-state index contributed by atoms with van der Waals surface area (Å²) in [5.41, 5.74) is 1.19. The first kappa shape index (κ1) is 12.7. The van der Waals surface area contributed by atoms with E-state index in [1.165, 1.54) is 5.56 Å². The fraction of sp³-hybridized carbons (Fsp3) is 0.538. The quantitative estimate of drug-likeness (QED) is 0.900. The van der Waals surface area contributed by atoms with Crippen molar-refractivity contribution in [1.82, 2.24) is 4.90 Å². The van der Waals surface area contributed by atoms with Gasteiger partial charge in [-0.25, -0.2) is 0 Å². The maximum Gasteiger partial charge on any atom is 0.137 e. The largest absolute Gasteiger partial charge is 0.495 e. The van der Waals surface area contributed by atoms with Gasteiger partial charge in [0.15, 0.2) is 0 Å². The molecule has 0 atom stereocenters. The molecule has 1 aliphatic rings. The molecule has 0 unspecified atom stereocenters. The van der Waals surface area contributed by atoms with Gasteiger partial charge in [-0.3, -0.25) is 4.90 Å². The van der Waals surface area contributed by atoms with E-state index < -0.39 is 0 Å². The number of aliphatic hydroxyl groups excluding tert-OH is 1. The molecule has 94 valence electrons. The first-order valence-electron chi connectivity index (χ1n) is 5.92. The van der Waals surface area contributed by atoms with Crippen LogP contribution in [0.1, 0.15) is 18.4 Å². The molecule has 0 spiro atoms. The maximum absolute atomic E-state index is 9.44. The molecule has 1 fully saturated rings. The van der Waals surface area contributed by atoms with Gasteiger partial charge in [-0.2, -0.15) is 0 Å². The predicted molar refractivity (Wildman–Crippen MR) is 68.5 cm³/mol. The molecule has 2 rings (SSSR count). The topological polar surface area (TPSA) is 32.7 Å². The first-order chi connectivity index (χ1) is 8.19. The molecule has 0 aliphatic carbocycles. The van der Waals surface area contributed by atoms with Crippen LogP contribution in [0.4, 0.5) is 0 Å². The normalized spacial score (nSPS) is 18.3. The highest BCUT2D eigenvalue weighted by Crippen LogP contribution is 2.26. The molecule has 0 radical (unpaired) electrons. The lowest BCUT2D eigenvalue weighted by Gasteiger charge is -2.29. The summed E-state index contributed by atoms with van der Waals surface area (Å²) in [5, 5.41) is 10.1. The second-order valence-corrected chi connectivity index (χ2v) is 4.88. The van der Waals surface area contributed by atoms with E-state index in [0.717, 1.165) is 32.5 Å². The lowest BCUT2D eigenvalue weighted by molar-refractivity contribution is 0.0792. The highest BCUT2D eigenvalue weighted by molar-refractivity contribution is 6.32. The van der Waals surface area contributed by atoms with Crippen LogP contribution < -0.4 is 4.74 Å². The Morgan fingerprint density at radius 1 is 1.41 bits per heavy atom. The van der Waals surface area contributed by atoms with Gasteiger partial charge in [0, 0.05) is 19.6 Å². The van der Waals surface area contributed by atoms with Crippen molar-refractivity contribution in [3.05, 3.63) is 28.8 Å². The number of likely N-dealkylation sites (tertiary alicyclic amines) is 1. The number of methoxy groups -OCH3 is 1. The van der Waals surface area contributed by atoms with Crippen molar-refractivity contribution >= 4 is 11.6 Å². The molecule has 0 saturated carbocycles. The average Bonchev–Trinajstić information content (AvgIpc) is 2.32. The summed E-state index contributed by atoms with van der Waals surface area (Å²) in [6, 6.07) is 5.89. The molecule has 4 heteroatoms. The second kappa shape index (κ2) is 5.71. The number of hydrogen-bond acceptors (Lipinski definition) is 3. The molecular formula is C13H18ClNO2. The Kier molecular flexibility index (Phi) is 4.26. The van der Waals surface area contributed by atoms with Crippen molar-refractivity contribution in [3.63, 3.8) is 0 Å².